The van der Waals surface area contributed by atoms with Crippen molar-refractivity contribution in [2.75, 3.05) is 0 Å². The Morgan fingerprint density at radius 1 is 0.932 bits per heavy atom. The summed E-state index contributed by atoms with van der Waals surface area (Å²) < 4.78 is 39.2. The van der Waals surface area contributed by atoms with Gasteiger partial charge in [0.1, 0.15) is 4.83 Å². The molecule has 0 aliphatic carbocycles. The number of aromatic nitrogens is 3. The molecule has 0 saturated heterocycles. The second kappa shape index (κ2) is 14.1. The average molecular weight is 844 g/mol. The maximum atomic E-state index is 14.5. The SMILES string of the molecule is Cc1ccnc(-c2[c-]ccc3c2sc2nc(C)ccc23)c1.[2H]C([2H])([2H])c1c[c-]c(-c2cc(CC(C)C)[c]([Ge]([CH3])([CH3])[CH3])cn2)c(F)c1.[Ir]. The van der Waals surface area contributed by atoms with Crippen LogP contribution in [0.2, 0.25) is 17.3 Å². The third-order valence-electron chi connectivity index (χ3n) is 7.18. The topological polar surface area (TPSA) is 38.7 Å². The number of hydrogen-bond acceptors (Lipinski definition) is 4. The van der Waals surface area contributed by atoms with Crippen LogP contribution in [0.1, 0.15) is 40.3 Å². The summed E-state index contributed by atoms with van der Waals surface area (Å²) in [6, 6.07) is 22.9. The van der Waals surface area contributed by atoms with Crippen molar-refractivity contribution < 1.29 is 28.6 Å². The Labute approximate surface area is 285 Å². The van der Waals surface area contributed by atoms with Gasteiger partial charge in [-0.2, -0.15) is 11.3 Å². The molecule has 0 bridgehead atoms. The van der Waals surface area contributed by atoms with Gasteiger partial charge in [0.2, 0.25) is 0 Å². The zero-order valence-corrected chi connectivity index (χ0v) is 31.4. The van der Waals surface area contributed by atoms with E-state index in [2.05, 4.69) is 89.4 Å². The van der Waals surface area contributed by atoms with E-state index in [0.717, 1.165) is 34.3 Å². The Kier molecular flexibility index (Phi) is 9.60. The molecule has 3 nitrogen and oxygen atoms in total. The van der Waals surface area contributed by atoms with Crippen LogP contribution in [0, 0.1) is 44.6 Å². The van der Waals surface area contributed by atoms with Crippen LogP contribution >= 0.6 is 11.3 Å². The Bertz CT molecular complexity index is 2040. The first-order chi connectivity index (χ1) is 21.6. The maximum absolute atomic E-state index is 14.5. The molecule has 4 heterocycles. The zero-order chi connectivity index (χ0) is 33.4. The Balaban J connectivity index is 0.000000210. The molecule has 0 unspecified atom stereocenters. The van der Waals surface area contributed by atoms with Gasteiger partial charge in [0.15, 0.2) is 0 Å². The first-order valence-corrected chi connectivity index (χ1v) is 22.6. The number of hydrogen-bond donors (Lipinski definition) is 0. The molecule has 6 aromatic rings. The number of nitrogens with zero attached hydrogens (tertiary/aromatic N) is 3. The van der Waals surface area contributed by atoms with Crippen molar-refractivity contribution in [2.45, 2.75) is 58.2 Å². The van der Waals surface area contributed by atoms with Gasteiger partial charge in [-0.15, -0.1) is 23.8 Å². The number of aryl methyl sites for hydroxylation is 3. The van der Waals surface area contributed by atoms with Gasteiger partial charge >= 0.3 is 140 Å². The first kappa shape index (κ1) is 29.9. The third-order valence-corrected chi connectivity index (χ3v) is 12.7. The minimum absolute atomic E-state index is 0. The number of benzene rings is 2. The normalized spacial score (nSPS) is 12.7. The van der Waals surface area contributed by atoms with E-state index in [0.29, 0.717) is 11.6 Å². The largest absolute Gasteiger partial charge is 0 e. The molecule has 7 heteroatoms. The molecular formula is C37H38FGeIrN3S-2. The van der Waals surface area contributed by atoms with Crippen LogP contribution in [0.25, 0.3) is 42.8 Å². The molecule has 0 saturated carbocycles. The standard InChI is InChI=1S/C19H25FGeN.C18H13N2S.Ir/c1-13(2)9-15-11-19(22-12-18(15)21(4,5)6)16-8-7-14(3)10-17(16)20;1-11-8-9-19-16(10-11)15-5-3-4-13-14-7-6-12(2)20-18(14)21-17(13)15;/h7,10-13H,9H2,1-6H3;3-4,6-10H,1-2H3;/q2*-1;/i3D3;;. The van der Waals surface area contributed by atoms with Gasteiger partial charge in [-0.1, -0.05) is 23.1 Å². The second-order valence-corrected chi connectivity index (χ2v) is 24.0. The minimum atomic E-state index is -2.34. The van der Waals surface area contributed by atoms with Gasteiger partial charge in [-0.05, 0) is 41.8 Å². The van der Waals surface area contributed by atoms with Gasteiger partial charge in [-0.25, -0.2) is 4.98 Å². The number of rotatable bonds is 5. The van der Waals surface area contributed by atoms with Crippen LogP contribution in [0.15, 0.2) is 67.0 Å². The number of thiophene rings is 1. The second-order valence-electron chi connectivity index (χ2n) is 12.4. The summed E-state index contributed by atoms with van der Waals surface area (Å²) in [4.78, 5) is 14.7. The molecule has 0 amide bonds. The average Bonchev–Trinajstić information content (AvgIpc) is 3.34. The number of halogens is 1. The van der Waals surface area contributed by atoms with Gasteiger partial charge < -0.3 is 4.98 Å². The van der Waals surface area contributed by atoms with E-state index in [4.69, 9.17) is 4.11 Å². The summed E-state index contributed by atoms with van der Waals surface area (Å²) in [6.45, 7) is 6.10. The van der Waals surface area contributed by atoms with Crippen LogP contribution in [0.3, 0.4) is 0 Å². The van der Waals surface area contributed by atoms with E-state index in [1.807, 2.05) is 37.5 Å². The van der Waals surface area contributed by atoms with Crippen molar-refractivity contribution in [3.8, 4) is 22.5 Å². The quantitative estimate of drug-likeness (QED) is 0.128. The Hall–Kier alpha value is -2.77. The molecule has 0 N–H and O–H groups in total. The first-order valence-electron chi connectivity index (χ1n) is 16.0. The number of pyridine rings is 3. The fourth-order valence-corrected chi connectivity index (χ4v) is 9.72. The van der Waals surface area contributed by atoms with Crippen molar-refractivity contribution in [1.29, 1.82) is 0 Å². The van der Waals surface area contributed by atoms with Crippen molar-refractivity contribution in [3.63, 3.8) is 0 Å². The van der Waals surface area contributed by atoms with Crippen molar-refractivity contribution in [1.82, 2.24) is 15.0 Å². The summed E-state index contributed by atoms with van der Waals surface area (Å²) in [6.07, 6.45) is 4.66. The summed E-state index contributed by atoms with van der Waals surface area (Å²) in [5, 5.41) is 2.45. The Morgan fingerprint density at radius 3 is 2.39 bits per heavy atom. The molecule has 0 atom stereocenters. The van der Waals surface area contributed by atoms with Crippen LogP contribution < -0.4 is 4.40 Å². The molecule has 2 aromatic carbocycles. The molecule has 44 heavy (non-hydrogen) atoms. The molecule has 6 rings (SSSR count). The summed E-state index contributed by atoms with van der Waals surface area (Å²) in [5.74, 6) is 6.85. The van der Waals surface area contributed by atoms with E-state index in [9.17, 15) is 4.39 Å². The van der Waals surface area contributed by atoms with E-state index in [-0.39, 0.29) is 31.2 Å². The van der Waals surface area contributed by atoms with Crippen LogP contribution in [-0.4, -0.2) is 28.2 Å². The maximum Gasteiger partial charge on any atom is 0 e. The summed E-state index contributed by atoms with van der Waals surface area (Å²) in [5.41, 5.74) is 6.22. The fraction of sp³-hybridized carbons (Fsp3) is 0.270. The van der Waals surface area contributed by atoms with E-state index in [1.54, 1.807) is 11.3 Å². The molecule has 0 aliphatic rings. The summed E-state index contributed by atoms with van der Waals surface area (Å²) in [7, 11) is 0. The van der Waals surface area contributed by atoms with Gasteiger partial charge in [0, 0.05) is 32.0 Å². The van der Waals surface area contributed by atoms with Crippen LogP contribution in [0.5, 0.6) is 0 Å². The third kappa shape index (κ3) is 7.71. The molecule has 4 aromatic heterocycles. The predicted octanol–water partition coefficient (Wildman–Crippen LogP) is 9.67. The van der Waals surface area contributed by atoms with E-state index >= 15 is 0 Å². The van der Waals surface area contributed by atoms with Crippen molar-refractivity contribution in [2.24, 2.45) is 5.92 Å². The molecule has 229 valence electrons. The fourth-order valence-electron chi connectivity index (χ4n) is 5.16. The van der Waals surface area contributed by atoms with Crippen LogP contribution in [-0.2, 0) is 26.5 Å². The Morgan fingerprint density at radius 2 is 1.70 bits per heavy atom. The minimum Gasteiger partial charge on any atom is 0 e. The van der Waals surface area contributed by atoms with E-state index in [1.165, 1.54) is 37.1 Å². The molecule has 0 spiro atoms. The molecular weight excluding hydrogens is 802 g/mol. The van der Waals surface area contributed by atoms with Gasteiger partial charge in [0.05, 0.1) is 0 Å². The smallest absolute Gasteiger partial charge is 0 e. The van der Waals surface area contributed by atoms with Gasteiger partial charge in [-0.3, -0.25) is 0 Å². The number of fused-ring (bicyclic) bond motifs is 3. The van der Waals surface area contributed by atoms with Crippen LogP contribution in [0.4, 0.5) is 4.39 Å². The molecule has 1 radical (unpaired) electrons. The monoisotopic (exact) mass is 845 g/mol. The molecule has 0 aliphatic heterocycles. The molecule has 0 fully saturated rings. The predicted molar refractivity (Wildman–Crippen MR) is 183 cm³/mol. The van der Waals surface area contributed by atoms with Gasteiger partial charge in [0.25, 0.3) is 0 Å². The van der Waals surface area contributed by atoms with Crippen molar-refractivity contribution >= 4 is 49.3 Å². The van der Waals surface area contributed by atoms with Crippen molar-refractivity contribution in [3.05, 3.63) is 107 Å². The van der Waals surface area contributed by atoms with E-state index < -0.39 is 25.9 Å². The summed E-state index contributed by atoms with van der Waals surface area (Å²) >= 11 is -0.363. The zero-order valence-electron chi connectivity index (χ0n) is 29.1.